The first-order valence-electron chi connectivity index (χ1n) is 5.35. The van der Waals surface area contributed by atoms with E-state index in [1.165, 1.54) is 6.07 Å². The standard InChI is InChI=1S/C12H15BrFNO/c1-3-8-15(4-2)12(16)9-6-5-7-10(13)11(9)14/h5-7H,3-4,8H2,1-2H3. The van der Waals surface area contributed by atoms with Crippen molar-refractivity contribution in [3.63, 3.8) is 0 Å². The van der Waals surface area contributed by atoms with Crippen molar-refractivity contribution in [1.29, 1.82) is 0 Å². The fourth-order valence-electron chi connectivity index (χ4n) is 1.51. The molecule has 0 bridgehead atoms. The Balaban J connectivity index is 2.99. The monoisotopic (exact) mass is 287 g/mol. The number of rotatable bonds is 4. The molecule has 0 aliphatic rings. The van der Waals surface area contributed by atoms with Crippen LogP contribution < -0.4 is 0 Å². The van der Waals surface area contributed by atoms with Crippen LogP contribution in [-0.4, -0.2) is 23.9 Å². The highest BCUT2D eigenvalue weighted by atomic mass is 79.9. The third kappa shape index (κ3) is 2.82. The van der Waals surface area contributed by atoms with Crippen molar-refractivity contribution < 1.29 is 9.18 Å². The van der Waals surface area contributed by atoms with E-state index in [-0.39, 0.29) is 11.5 Å². The number of hydrogen-bond acceptors (Lipinski definition) is 1. The predicted molar refractivity (Wildman–Crippen MR) is 66.0 cm³/mol. The van der Waals surface area contributed by atoms with Crippen LogP contribution in [0.25, 0.3) is 0 Å². The maximum absolute atomic E-state index is 13.7. The van der Waals surface area contributed by atoms with Gasteiger partial charge in [0, 0.05) is 13.1 Å². The molecule has 0 saturated heterocycles. The normalized spacial score (nSPS) is 10.2. The third-order valence-electron chi connectivity index (χ3n) is 2.34. The van der Waals surface area contributed by atoms with Crippen molar-refractivity contribution in [2.24, 2.45) is 0 Å². The van der Waals surface area contributed by atoms with Gasteiger partial charge in [-0.1, -0.05) is 13.0 Å². The molecule has 0 radical (unpaired) electrons. The van der Waals surface area contributed by atoms with Crippen molar-refractivity contribution in [3.8, 4) is 0 Å². The van der Waals surface area contributed by atoms with Gasteiger partial charge in [0.25, 0.3) is 5.91 Å². The summed E-state index contributed by atoms with van der Waals surface area (Å²) in [5.41, 5.74) is 0.129. The van der Waals surface area contributed by atoms with Crippen LogP contribution >= 0.6 is 15.9 Å². The first kappa shape index (κ1) is 13.2. The van der Waals surface area contributed by atoms with Crippen molar-refractivity contribution in [2.45, 2.75) is 20.3 Å². The molecular formula is C12H15BrFNO. The second kappa shape index (κ2) is 5.99. The lowest BCUT2D eigenvalue weighted by molar-refractivity contribution is 0.0759. The smallest absolute Gasteiger partial charge is 0.256 e. The van der Waals surface area contributed by atoms with Gasteiger partial charge in [0.05, 0.1) is 10.0 Å². The van der Waals surface area contributed by atoms with E-state index in [2.05, 4.69) is 15.9 Å². The van der Waals surface area contributed by atoms with Crippen LogP contribution in [-0.2, 0) is 0 Å². The number of nitrogens with zero attached hydrogens (tertiary/aromatic N) is 1. The molecule has 0 spiro atoms. The van der Waals surface area contributed by atoms with E-state index < -0.39 is 5.82 Å². The molecule has 0 saturated carbocycles. The molecule has 4 heteroatoms. The SMILES string of the molecule is CCCN(CC)C(=O)c1cccc(Br)c1F. The molecule has 1 aromatic carbocycles. The highest BCUT2D eigenvalue weighted by Crippen LogP contribution is 2.19. The minimum atomic E-state index is -0.484. The van der Waals surface area contributed by atoms with Crippen LogP contribution in [0.4, 0.5) is 4.39 Å². The second-order valence-corrected chi connectivity index (χ2v) is 4.34. The lowest BCUT2D eigenvalue weighted by Gasteiger charge is -2.20. The Morgan fingerprint density at radius 2 is 2.12 bits per heavy atom. The Labute approximate surface area is 104 Å². The average Bonchev–Trinajstić information content (AvgIpc) is 2.29. The van der Waals surface area contributed by atoms with Crippen molar-refractivity contribution in [3.05, 3.63) is 34.1 Å². The van der Waals surface area contributed by atoms with Gasteiger partial charge in [-0.2, -0.15) is 0 Å². The third-order valence-corrected chi connectivity index (χ3v) is 2.96. The quantitative estimate of drug-likeness (QED) is 0.831. The van der Waals surface area contributed by atoms with Crippen molar-refractivity contribution in [2.75, 3.05) is 13.1 Å². The van der Waals surface area contributed by atoms with Crippen LogP contribution in [0.3, 0.4) is 0 Å². The maximum atomic E-state index is 13.7. The molecule has 0 N–H and O–H groups in total. The summed E-state index contributed by atoms with van der Waals surface area (Å²) < 4.78 is 14.0. The zero-order valence-corrected chi connectivity index (χ0v) is 11.1. The molecular weight excluding hydrogens is 273 g/mol. The van der Waals surface area contributed by atoms with Gasteiger partial charge in [0.1, 0.15) is 5.82 Å². The zero-order valence-electron chi connectivity index (χ0n) is 9.46. The van der Waals surface area contributed by atoms with Gasteiger partial charge in [0.2, 0.25) is 0 Å². The minimum Gasteiger partial charge on any atom is -0.339 e. The van der Waals surface area contributed by atoms with Crippen molar-refractivity contribution >= 4 is 21.8 Å². The highest BCUT2D eigenvalue weighted by molar-refractivity contribution is 9.10. The molecule has 16 heavy (non-hydrogen) atoms. The molecule has 0 heterocycles. The fraction of sp³-hybridized carbons (Fsp3) is 0.417. The molecule has 2 nitrogen and oxygen atoms in total. The van der Waals surface area contributed by atoms with Crippen LogP contribution in [0.15, 0.2) is 22.7 Å². The van der Waals surface area contributed by atoms with E-state index in [0.29, 0.717) is 17.6 Å². The second-order valence-electron chi connectivity index (χ2n) is 3.49. The topological polar surface area (TPSA) is 20.3 Å². The Morgan fingerprint density at radius 1 is 1.44 bits per heavy atom. The largest absolute Gasteiger partial charge is 0.339 e. The summed E-state index contributed by atoms with van der Waals surface area (Å²) >= 11 is 3.08. The fourth-order valence-corrected chi connectivity index (χ4v) is 1.88. The lowest BCUT2D eigenvalue weighted by atomic mass is 10.2. The molecule has 1 rings (SSSR count). The van der Waals surface area contributed by atoms with Crippen LogP contribution in [0, 0.1) is 5.82 Å². The van der Waals surface area contributed by atoms with E-state index >= 15 is 0 Å². The molecule has 1 aromatic rings. The Hall–Kier alpha value is -0.900. The number of benzene rings is 1. The summed E-state index contributed by atoms with van der Waals surface area (Å²) in [5, 5.41) is 0. The number of carbonyl (C=O) groups is 1. The molecule has 0 aliphatic carbocycles. The number of amides is 1. The molecule has 0 aliphatic heterocycles. The number of carbonyl (C=O) groups excluding carboxylic acids is 1. The number of halogens is 2. The molecule has 0 atom stereocenters. The molecule has 0 aromatic heterocycles. The van der Waals surface area contributed by atoms with Gasteiger partial charge in [-0.25, -0.2) is 4.39 Å². The van der Waals surface area contributed by atoms with Gasteiger partial charge in [-0.3, -0.25) is 4.79 Å². The van der Waals surface area contributed by atoms with E-state index in [0.717, 1.165) is 6.42 Å². The van der Waals surface area contributed by atoms with E-state index in [4.69, 9.17) is 0 Å². The van der Waals surface area contributed by atoms with Crippen LogP contribution in [0.5, 0.6) is 0 Å². The summed E-state index contributed by atoms with van der Waals surface area (Å²) in [6.45, 7) is 5.14. The van der Waals surface area contributed by atoms with Crippen LogP contribution in [0.1, 0.15) is 30.6 Å². The number of hydrogen-bond donors (Lipinski definition) is 0. The lowest BCUT2D eigenvalue weighted by Crippen LogP contribution is -2.32. The molecule has 0 unspecified atom stereocenters. The van der Waals surface area contributed by atoms with Gasteiger partial charge < -0.3 is 4.90 Å². The summed E-state index contributed by atoms with van der Waals surface area (Å²) in [6.07, 6.45) is 0.870. The maximum Gasteiger partial charge on any atom is 0.256 e. The minimum absolute atomic E-state index is 0.129. The van der Waals surface area contributed by atoms with E-state index in [9.17, 15) is 9.18 Å². The predicted octanol–water partition coefficient (Wildman–Crippen LogP) is 3.46. The van der Waals surface area contributed by atoms with Gasteiger partial charge in [0.15, 0.2) is 0 Å². The zero-order chi connectivity index (χ0) is 12.1. The first-order valence-corrected chi connectivity index (χ1v) is 6.14. The van der Waals surface area contributed by atoms with E-state index in [1.54, 1.807) is 17.0 Å². The summed E-state index contributed by atoms with van der Waals surface area (Å²) in [7, 11) is 0. The van der Waals surface area contributed by atoms with Gasteiger partial charge >= 0.3 is 0 Å². The summed E-state index contributed by atoms with van der Waals surface area (Å²) in [5.74, 6) is -0.731. The van der Waals surface area contributed by atoms with Crippen molar-refractivity contribution in [1.82, 2.24) is 4.90 Å². The Kier molecular flexibility index (Phi) is 4.93. The summed E-state index contributed by atoms with van der Waals surface area (Å²) in [6, 6.07) is 4.77. The molecule has 0 fully saturated rings. The van der Waals surface area contributed by atoms with E-state index in [1.807, 2.05) is 13.8 Å². The van der Waals surface area contributed by atoms with Gasteiger partial charge in [-0.15, -0.1) is 0 Å². The molecule has 88 valence electrons. The Morgan fingerprint density at radius 3 is 2.69 bits per heavy atom. The summed E-state index contributed by atoms with van der Waals surface area (Å²) in [4.78, 5) is 13.6. The first-order chi connectivity index (χ1) is 7.61. The highest BCUT2D eigenvalue weighted by Gasteiger charge is 2.18. The average molecular weight is 288 g/mol. The Bertz CT molecular complexity index is 381. The van der Waals surface area contributed by atoms with Crippen LogP contribution in [0.2, 0.25) is 0 Å². The van der Waals surface area contributed by atoms with Gasteiger partial charge in [-0.05, 0) is 41.4 Å². The molecule has 1 amide bonds.